The van der Waals surface area contributed by atoms with E-state index in [1.165, 1.54) is 18.5 Å². The standard InChI is InChI=1S/C30H42N2O9/c1-5-11-38-28(36)13-22(34)12-21(33)7-8-23-19(4)26(35)14-24-25(32-40-17-20-15-31-39-16-20)9-10-27(29(23)24)41-30(37)18(3)6-2/h5,14-16,18-19,21-23,27,29,33-34H,1,6-13,17H2,2-4H3/b32-25+. The van der Waals surface area contributed by atoms with Crippen molar-refractivity contribution in [3.8, 4) is 0 Å². The molecule has 7 atom stereocenters. The van der Waals surface area contributed by atoms with Crippen LogP contribution in [0, 0.1) is 23.7 Å². The van der Waals surface area contributed by atoms with E-state index in [1.54, 1.807) is 6.08 Å². The van der Waals surface area contributed by atoms with E-state index < -0.39 is 24.3 Å². The number of carbonyl (C=O) groups is 3. The first-order chi connectivity index (χ1) is 19.6. The smallest absolute Gasteiger partial charge is 0.308 e. The number of oxime groups is 1. The molecule has 7 unspecified atom stereocenters. The summed E-state index contributed by atoms with van der Waals surface area (Å²) in [4.78, 5) is 43.3. The number of aromatic nitrogens is 1. The molecule has 0 radical (unpaired) electrons. The molecule has 0 aliphatic heterocycles. The van der Waals surface area contributed by atoms with E-state index in [2.05, 4.69) is 16.9 Å². The van der Waals surface area contributed by atoms with E-state index in [-0.39, 0.29) is 67.9 Å². The van der Waals surface area contributed by atoms with E-state index in [1.807, 2.05) is 20.8 Å². The fourth-order valence-corrected chi connectivity index (χ4v) is 5.37. The Morgan fingerprint density at radius 3 is 2.78 bits per heavy atom. The Balaban J connectivity index is 1.75. The quantitative estimate of drug-likeness (QED) is 0.180. The predicted octanol–water partition coefficient (Wildman–Crippen LogP) is 3.69. The monoisotopic (exact) mass is 574 g/mol. The van der Waals surface area contributed by atoms with Crippen molar-refractivity contribution in [1.82, 2.24) is 5.16 Å². The molecule has 41 heavy (non-hydrogen) atoms. The molecule has 1 fully saturated rings. The fraction of sp³-hybridized carbons (Fsp3) is 0.633. The molecular formula is C30H42N2O9. The molecule has 2 aliphatic rings. The maximum absolute atomic E-state index is 13.1. The zero-order valence-electron chi connectivity index (χ0n) is 24.1. The van der Waals surface area contributed by atoms with Crippen LogP contribution in [0.2, 0.25) is 0 Å². The minimum absolute atomic E-state index is 0.0125. The number of ketones is 1. The summed E-state index contributed by atoms with van der Waals surface area (Å²) in [6.07, 6.45) is 5.70. The second-order valence-electron chi connectivity index (χ2n) is 10.9. The summed E-state index contributed by atoms with van der Waals surface area (Å²) >= 11 is 0. The third-order valence-electron chi connectivity index (χ3n) is 7.92. The highest BCUT2D eigenvalue weighted by Crippen LogP contribution is 2.45. The first-order valence-corrected chi connectivity index (χ1v) is 14.3. The molecule has 11 heteroatoms. The first kappa shape index (κ1) is 32.2. The summed E-state index contributed by atoms with van der Waals surface area (Å²) in [5.41, 5.74) is 2.03. The van der Waals surface area contributed by atoms with E-state index in [4.69, 9.17) is 18.8 Å². The number of aliphatic hydroxyl groups excluding tert-OH is 2. The van der Waals surface area contributed by atoms with E-state index in [0.717, 1.165) is 0 Å². The van der Waals surface area contributed by atoms with Crippen LogP contribution in [0.1, 0.15) is 71.3 Å². The van der Waals surface area contributed by atoms with Gasteiger partial charge < -0.3 is 29.0 Å². The molecular weight excluding hydrogens is 532 g/mol. The molecule has 11 nitrogen and oxygen atoms in total. The molecule has 2 aliphatic carbocycles. The summed E-state index contributed by atoms with van der Waals surface area (Å²) < 4.78 is 15.7. The molecule has 1 aromatic rings. The summed E-state index contributed by atoms with van der Waals surface area (Å²) in [7, 11) is 0. The van der Waals surface area contributed by atoms with Gasteiger partial charge in [-0.3, -0.25) is 14.4 Å². The van der Waals surface area contributed by atoms with Crippen LogP contribution in [0.25, 0.3) is 0 Å². The van der Waals surface area contributed by atoms with E-state index in [0.29, 0.717) is 42.5 Å². The van der Waals surface area contributed by atoms with Crippen LogP contribution < -0.4 is 0 Å². The molecule has 0 amide bonds. The van der Waals surface area contributed by atoms with Gasteiger partial charge >= 0.3 is 11.9 Å². The number of fused-ring (bicyclic) bond motifs is 1. The third-order valence-corrected chi connectivity index (χ3v) is 7.92. The molecule has 1 heterocycles. The molecule has 0 spiro atoms. The molecule has 0 bridgehead atoms. The Bertz CT molecular complexity index is 1100. The predicted molar refractivity (Wildman–Crippen MR) is 148 cm³/mol. The van der Waals surface area contributed by atoms with E-state index in [9.17, 15) is 24.6 Å². The SMILES string of the molecule is C=CCOC(=O)CC(O)CC(O)CCC1C(C)C(=O)C=C2/C(=N/OCc3cnoc3)CCC(OC(=O)C(C)CC)C21. The van der Waals surface area contributed by atoms with Crippen molar-refractivity contribution in [2.24, 2.45) is 28.8 Å². The Labute approximate surface area is 240 Å². The van der Waals surface area contributed by atoms with Crippen LogP contribution in [0.5, 0.6) is 0 Å². The number of hydrogen-bond donors (Lipinski definition) is 2. The number of allylic oxidation sites excluding steroid dienone is 1. The summed E-state index contributed by atoms with van der Waals surface area (Å²) in [6, 6.07) is 0. The molecule has 0 aromatic carbocycles. The van der Waals surface area contributed by atoms with Crippen molar-refractivity contribution in [2.45, 2.75) is 90.6 Å². The van der Waals surface area contributed by atoms with Gasteiger partial charge in [-0.15, -0.1) is 0 Å². The zero-order valence-corrected chi connectivity index (χ0v) is 24.1. The molecule has 0 saturated heterocycles. The topological polar surface area (TPSA) is 158 Å². The van der Waals surface area contributed by atoms with Crippen molar-refractivity contribution in [3.05, 3.63) is 42.3 Å². The van der Waals surface area contributed by atoms with Crippen molar-refractivity contribution in [1.29, 1.82) is 0 Å². The maximum Gasteiger partial charge on any atom is 0.308 e. The van der Waals surface area contributed by atoms with Crippen LogP contribution in [-0.2, 0) is 35.3 Å². The fourth-order valence-electron chi connectivity index (χ4n) is 5.37. The molecule has 1 aromatic heterocycles. The van der Waals surface area contributed by atoms with Crippen LogP contribution in [0.4, 0.5) is 0 Å². The Morgan fingerprint density at radius 2 is 2.10 bits per heavy atom. The Morgan fingerprint density at radius 1 is 1.32 bits per heavy atom. The normalized spacial score (nSPS) is 25.4. The minimum Gasteiger partial charge on any atom is -0.461 e. The maximum atomic E-state index is 13.1. The molecule has 3 rings (SSSR count). The van der Waals surface area contributed by atoms with Crippen LogP contribution in [0.3, 0.4) is 0 Å². The lowest BCUT2D eigenvalue weighted by atomic mass is 9.63. The summed E-state index contributed by atoms with van der Waals surface area (Å²) in [5.74, 6) is -2.11. The van der Waals surface area contributed by atoms with Gasteiger partial charge in [0.25, 0.3) is 0 Å². The van der Waals surface area contributed by atoms with Gasteiger partial charge in [0.05, 0.1) is 42.0 Å². The van der Waals surface area contributed by atoms with Crippen LogP contribution >= 0.6 is 0 Å². The number of rotatable bonds is 15. The molecule has 226 valence electrons. The number of carbonyl (C=O) groups excluding carboxylic acids is 3. The molecule has 1 saturated carbocycles. The minimum atomic E-state index is -1.07. The van der Waals surface area contributed by atoms with Gasteiger partial charge in [0.2, 0.25) is 0 Å². The average Bonchev–Trinajstić information content (AvgIpc) is 3.46. The van der Waals surface area contributed by atoms with Gasteiger partial charge in [0, 0.05) is 11.8 Å². The van der Waals surface area contributed by atoms with Crippen LogP contribution in [0.15, 0.2) is 46.4 Å². The third kappa shape index (κ3) is 9.09. The van der Waals surface area contributed by atoms with Crippen LogP contribution in [-0.4, -0.2) is 63.7 Å². The number of ether oxygens (including phenoxy) is 2. The van der Waals surface area contributed by atoms with Gasteiger partial charge in [-0.05, 0) is 56.1 Å². The number of nitrogens with zero attached hydrogens (tertiary/aromatic N) is 2. The van der Waals surface area contributed by atoms with E-state index >= 15 is 0 Å². The van der Waals surface area contributed by atoms with Gasteiger partial charge in [-0.2, -0.15) is 0 Å². The lowest BCUT2D eigenvalue weighted by molar-refractivity contribution is -0.158. The summed E-state index contributed by atoms with van der Waals surface area (Å²) in [6.45, 7) is 9.28. The van der Waals surface area contributed by atoms with Gasteiger partial charge in [-0.25, -0.2) is 0 Å². The highest BCUT2D eigenvalue weighted by Gasteiger charge is 2.46. The number of esters is 2. The van der Waals surface area contributed by atoms with Crippen molar-refractivity contribution >= 4 is 23.4 Å². The van der Waals surface area contributed by atoms with Crippen molar-refractivity contribution in [2.75, 3.05) is 6.61 Å². The van der Waals surface area contributed by atoms with Crippen molar-refractivity contribution < 1.29 is 43.4 Å². The number of hydrogen-bond acceptors (Lipinski definition) is 11. The largest absolute Gasteiger partial charge is 0.461 e. The second kappa shape index (κ2) is 15.6. The Hall–Kier alpha value is -3.31. The van der Waals surface area contributed by atoms with Gasteiger partial charge in [0.1, 0.15) is 25.6 Å². The first-order valence-electron chi connectivity index (χ1n) is 14.3. The lowest BCUT2D eigenvalue weighted by Gasteiger charge is -2.43. The van der Waals surface area contributed by atoms with Crippen molar-refractivity contribution in [3.63, 3.8) is 0 Å². The molecule has 2 N–H and O–H groups in total. The zero-order chi connectivity index (χ0) is 29.9. The second-order valence-corrected chi connectivity index (χ2v) is 10.9. The van der Waals surface area contributed by atoms with Gasteiger partial charge in [0.15, 0.2) is 5.78 Å². The average molecular weight is 575 g/mol. The lowest BCUT2D eigenvalue weighted by Crippen LogP contribution is -2.46. The van der Waals surface area contributed by atoms with Gasteiger partial charge in [-0.1, -0.05) is 43.7 Å². The highest BCUT2D eigenvalue weighted by molar-refractivity contribution is 6.08. The number of aliphatic hydroxyl groups is 2. The Kier molecular flexibility index (Phi) is 12.3. The highest BCUT2D eigenvalue weighted by atomic mass is 16.6. The summed E-state index contributed by atoms with van der Waals surface area (Å²) in [5, 5.41) is 28.9.